The molecule has 0 amide bonds. The Morgan fingerprint density at radius 3 is 2.54 bits per heavy atom. The lowest BCUT2D eigenvalue weighted by Gasteiger charge is -2.03. The molecule has 2 nitrogen and oxygen atoms in total. The normalized spacial score (nSPS) is 10.3. The molecule has 1 aromatic rings. The second-order valence-electron chi connectivity index (χ2n) is 3.15. The smallest absolute Gasteiger partial charge is 0.0471 e. The van der Waals surface area contributed by atoms with E-state index in [4.69, 9.17) is 5.11 Å². The van der Waals surface area contributed by atoms with E-state index in [2.05, 4.69) is 29.6 Å². The van der Waals surface area contributed by atoms with Crippen molar-refractivity contribution < 1.29 is 5.11 Å². The first-order chi connectivity index (χ1) is 6.36. The Hall–Kier alpha value is -0.860. The van der Waals surface area contributed by atoms with Gasteiger partial charge in [0.05, 0.1) is 0 Å². The number of nitrogens with one attached hydrogen (secondary N) is 1. The lowest BCUT2D eigenvalue weighted by molar-refractivity contribution is 0.299. The van der Waals surface area contributed by atoms with Crippen LogP contribution >= 0.6 is 0 Å². The van der Waals surface area contributed by atoms with Gasteiger partial charge in [-0.2, -0.15) is 0 Å². The Bertz CT molecular complexity index is 248. The SMILES string of the molecule is CNCCc1cccc(CCO)c1. The second kappa shape index (κ2) is 5.73. The van der Waals surface area contributed by atoms with Crippen molar-refractivity contribution in [3.05, 3.63) is 35.4 Å². The molecule has 0 aromatic heterocycles. The number of aliphatic hydroxyl groups is 1. The van der Waals surface area contributed by atoms with Gasteiger partial charge in [-0.25, -0.2) is 0 Å². The largest absolute Gasteiger partial charge is 0.396 e. The van der Waals surface area contributed by atoms with Gasteiger partial charge in [0.2, 0.25) is 0 Å². The van der Waals surface area contributed by atoms with Crippen LogP contribution in [0.1, 0.15) is 11.1 Å². The molecular formula is C11H17NO. The molecule has 1 aromatic carbocycles. The predicted molar refractivity (Wildman–Crippen MR) is 54.9 cm³/mol. The van der Waals surface area contributed by atoms with Crippen LogP contribution in [-0.2, 0) is 12.8 Å². The van der Waals surface area contributed by atoms with Crippen molar-refractivity contribution >= 4 is 0 Å². The van der Waals surface area contributed by atoms with Crippen molar-refractivity contribution in [2.45, 2.75) is 12.8 Å². The van der Waals surface area contributed by atoms with E-state index in [9.17, 15) is 0 Å². The van der Waals surface area contributed by atoms with Crippen molar-refractivity contribution in [2.75, 3.05) is 20.2 Å². The van der Waals surface area contributed by atoms with Gasteiger partial charge in [-0.1, -0.05) is 24.3 Å². The lowest BCUT2D eigenvalue weighted by Crippen LogP contribution is -2.10. The molecule has 1 rings (SSSR count). The minimum absolute atomic E-state index is 0.232. The molecule has 0 aliphatic heterocycles. The van der Waals surface area contributed by atoms with E-state index in [1.165, 1.54) is 11.1 Å². The number of rotatable bonds is 5. The Morgan fingerprint density at radius 2 is 1.92 bits per heavy atom. The van der Waals surface area contributed by atoms with Crippen LogP contribution in [0.4, 0.5) is 0 Å². The van der Waals surface area contributed by atoms with Crippen molar-refractivity contribution in [3.8, 4) is 0 Å². The van der Waals surface area contributed by atoms with E-state index in [0.29, 0.717) is 0 Å². The van der Waals surface area contributed by atoms with E-state index < -0.39 is 0 Å². The summed E-state index contributed by atoms with van der Waals surface area (Å²) in [6.45, 7) is 1.23. The van der Waals surface area contributed by atoms with Crippen LogP contribution in [0.2, 0.25) is 0 Å². The highest BCUT2D eigenvalue weighted by molar-refractivity contribution is 5.23. The fourth-order valence-corrected chi connectivity index (χ4v) is 1.34. The van der Waals surface area contributed by atoms with Gasteiger partial charge >= 0.3 is 0 Å². The topological polar surface area (TPSA) is 32.3 Å². The van der Waals surface area contributed by atoms with Crippen LogP contribution in [0, 0.1) is 0 Å². The van der Waals surface area contributed by atoms with E-state index in [1.54, 1.807) is 0 Å². The summed E-state index contributed by atoms with van der Waals surface area (Å²) in [6.07, 6.45) is 1.81. The molecule has 2 N–H and O–H groups in total. The van der Waals surface area contributed by atoms with Crippen LogP contribution in [0.5, 0.6) is 0 Å². The minimum Gasteiger partial charge on any atom is -0.396 e. The number of likely N-dealkylation sites (N-methyl/N-ethyl adjacent to an activating group) is 1. The molecule has 13 heavy (non-hydrogen) atoms. The van der Waals surface area contributed by atoms with Crippen LogP contribution in [0.3, 0.4) is 0 Å². The fourth-order valence-electron chi connectivity index (χ4n) is 1.34. The molecule has 0 unspecified atom stereocenters. The molecule has 0 aliphatic carbocycles. The number of hydrogen-bond acceptors (Lipinski definition) is 2. The molecule has 0 bridgehead atoms. The van der Waals surface area contributed by atoms with Gasteiger partial charge in [0.15, 0.2) is 0 Å². The van der Waals surface area contributed by atoms with Gasteiger partial charge in [-0.3, -0.25) is 0 Å². The average Bonchev–Trinajstić information content (AvgIpc) is 2.16. The third-order valence-electron chi connectivity index (χ3n) is 2.06. The number of benzene rings is 1. The molecule has 0 aliphatic rings. The van der Waals surface area contributed by atoms with Gasteiger partial charge in [-0.15, -0.1) is 0 Å². The van der Waals surface area contributed by atoms with E-state index in [1.807, 2.05) is 7.05 Å². The average molecular weight is 179 g/mol. The summed E-state index contributed by atoms with van der Waals surface area (Å²) in [6, 6.07) is 8.39. The summed E-state index contributed by atoms with van der Waals surface area (Å²) in [4.78, 5) is 0. The molecule has 0 spiro atoms. The van der Waals surface area contributed by atoms with E-state index in [-0.39, 0.29) is 6.61 Å². The second-order valence-corrected chi connectivity index (χ2v) is 3.15. The first-order valence-electron chi connectivity index (χ1n) is 4.70. The monoisotopic (exact) mass is 179 g/mol. The molecule has 2 heteroatoms. The van der Waals surface area contributed by atoms with Crippen molar-refractivity contribution in [1.29, 1.82) is 0 Å². The van der Waals surface area contributed by atoms with Crippen molar-refractivity contribution in [1.82, 2.24) is 5.32 Å². The molecule has 0 radical (unpaired) electrons. The highest BCUT2D eigenvalue weighted by Crippen LogP contribution is 2.06. The number of aliphatic hydroxyl groups excluding tert-OH is 1. The maximum Gasteiger partial charge on any atom is 0.0471 e. The summed E-state index contributed by atoms with van der Waals surface area (Å²) >= 11 is 0. The maximum atomic E-state index is 8.77. The van der Waals surface area contributed by atoms with Gasteiger partial charge in [0.1, 0.15) is 0 Å². The van der Waals surface area contributed by atoms with Crippen LogP contribution in [-0.4, -0.2) is 25.3 Å². The van der Waals surface area contributed by atoms with Crippen LogP contribution in [0.25, 0.3) is 0 Å². The highest BCUT2D eigenvalue weighted by atomic mass is 16.2. The molecular weight excluding hydrogens is 162 g/mol. The summed E-state index contributed by atoms with van der Waals surface area (Å²) in [5.74, 6) is 0. The maximum absolute atomic E-state index is 8.77. The van der Waals surface area contributed by atoms with Crippen molar-refractivity contribution in [3.63, 3.8) is 0 Å². The zero-order valence-corrected chi connectivity index (χ0v) is 8.09. The molecule has 0 atom stereocenters. The molecule has 0 saturated heterocycles. The van der Waals surface area contributed by atoms with E-state index >= 15 is 0 Å². The third kappa shape index (κ3) is 3.57. The lowest BCUT2D eigenvalue weighted by atomic mass is 10.1. The molecule has 0 saturated carbocycles. The van der Waals surface area contributed by atoms with Gasteiger partial charge in [0.25, 0.3) is 0 Å². The predicted octanol–water partition coefficient (Wildman–Crippen LogP) is 0.983. The van der Waals surface area contributed by atoms with Crippen molar-refractivity contribution in [2.24, 2.45) is 0 Å². The number of hydrogen-bond donors (Lipinski definition) is 2. The van der Waals surface area contributed by atoms with E-state index in [0.717, 1.165) is 19.4 Å². The first-order valence-corrected chi connectivity index (χ1v) is 4.70. The minimum atomic E-state index is 0.232. The molecule has 0 fully saturated rings. The third-order valence-corrected chi connectivity index (χ3v) is 2.06. The highest BCUT2D eigenvalue weighted by Gasteiger charge is 1.94. The Kier molecular flexibility index (Phi) is 4.50. The molecule has 72 valence electrons. The Morgan fingerprint density at radius 1 is 1.23 bits per heavy atom. The Balaban J connectivity index is 2.56. The standard InChI is InChI=1S/C11H17NO/c1-12-7-5-10-3-2-4-11(9-10)6-8-13/h2-4,9,12-13H,5-8H2,1H3. The van der Waals surface area contributed by atoms with Gasteiger partial charge in [0, 0.05) is 6.61 Å². The van der Waals surface area contributed by atoms with Gasteiger partial charge in [-0.05, 0) is 37.6 Å². The Labute approximate surface area is 79.6 Å². The van der Waals surface area contributed by atoms with Gasteiger partial charge < -0.3 is 10.4 Å². The summed E-state index contributed by atoms with van der Waals surface area (Å²) < 4.78 is 0. The fraction of sp³-hybridized carbons (Fsp3) is 0.455. The zero-order chi connectivity index (χ0) is 9.52. The zero-order valence-electron chi connectivity index (χ0n) is 8.09. The summed E-state index contributed by atoms with van der Waals surface area (Å²) in [5, 5.41) is 11.9. The van der Waals surface area contributed by atoms with Crippen LogP contribution in [0.15, 0.2) is 24.3 Å². The van der Waals surface area contributed by atoms with Crippen LogP contribution < -0.4 is 5.32 Å². The quantitative estimate of drug-likeness (QED) is 0.706. The first kappa shape index (κ1) is 10.2. The summed E-state index contributed by atoms with van der Waals surface area (Å²) in [5.41, 5.74) is 2.55. The summed E-state index contributed by atoms with van der Waals surface area (Å²) in [7, 11) is 1.96. The molecule has 0 heterocycles.